The largest absolute Gasteiger partial charge is 0.494 e. The molecular formula is C22H21ClN4O4S. The van der Waals surface area contributed by atoms with Crippen molar-refractivity contribution in [2.24, 2.45) is 5.10 Å². The number of amidine groups is 1. The molecule has 1 atom stereocenters. The number of halogens is 1. The number of hydrogen-bond acceptors (Lipinski definition) is 6. The Morgan fingerprint density at radius 2 is 1.94 bits per heavy atom. The molecule has 8 nitrogen and oxygen atoms in total. The Labute approximate surface area is 194 Å². The van der Waals surface area contributed by atoms with Gasteiger partial charge in [-0.1, -0.05) is 29.8 Å². The van der Waals surface area contributed by atoms with Crippen LogP contribution in [0.3, 0.4) is 0 Å². The van der Waals surface area contributed by atoms with Crippen molar-refractivity contribution in [1.82, 2.24) is 10.3 Å². The standard InChI is InChI=1S/C22H21ClN4O4S/c1-14(28)24-21-25-27(15(2)29)22(32-21)18-13-16(23)9-10-19(18)26(20(22)30)11-6-12-31-17-7-4-3-5-8-17/h3-5,7-10,13H,6,11-12H2,1-2H3,(H,24,25,28)/t22-/m0/s1. The summed E-state index contributed by atoms with van der Waals surface area (Å²) >= 11 is 7.28. The van der Waals surface area contributed by atoms with E-state index in [-0.39, 0.29) is 17.0 Å². The molecule has 0 bridgehead atoms. The maximum Gasteiger partial charge on any atom is 0.270 e. The Bertz CT molecular complexity index is 1110. The summed E-state index contributed by atoms with van der Waals surface area (Å²) in [5.74, 6) is -0.333. The highest BCUT2D eigenvalue weighted by molar-refractivity contribution is 8.15. The third-order valence-corrected chi connectivity index (χ3v) is 6.48. The van der Waals surface area contributed by atoms with E-state index in [1.54, 1.807) is 23.1 Å². The van der Waals surface area contributed by atoms with Crippen molar-refractivity contribution < 1.29 is 19.1 Å². The fourth-order valence-corrected chi connectivity index (χ4v) is 5.23. The second-order valence-corrected chi connectivity index (χ2v) is 8.91. The van der Waals surface area contributed by atoms with E-state index in [4.69, 9.17) is 16.3 Å². The van der Waals surface area contributed by atoms with E-state index in [0.29, 0.717) is 35.8 Å². The number of thioether (sulfide) groups is 1. The Balaban J connectivity index is 1.61. The average Bonchev–Trinajstić information content (AvgIpc) is 3.23. The molecule has 0 unspecified atom stereocenters. The van der Waals surface area contributed by atoms with Crippen LogP contribution in [0, 0.1) is 0 Å². The molecule has 3 amide bonds. The number of fused-ring (bicyclic) bond motifs is 2. The van der Waals surface area contributed by atoms with E-state index in [9.17, 15) is 14.4 Å². The SMILES string of the molecule is CC(=O)NC1=NN(C(C)=O)[C@@]2(S1)C(=O)N(CCCOc1ccccc1)c1ccc(Cl)cc12. The van der Waals surface area contributed by atoms with E-state index in [1.807, 2.05) is 30.3 Å². The zero-order valence-electron chi connectivity index (χ0n) is 17.5. The topological polar surface area (TPSA) is 91.3 Å². The van der Waals surface area contributed by atoms with Gasteiger partial charge in [-0.3, -0.25) is 14.4 Å². The second kappa shape index (κ2) is 8.84. The van der Waals surface area contributed by atoms with Gasteiger partial charge < -0.3 is 15.0 Å². The maximum absolute atomic E-state index is 13.7. The molecule has 2 heterocycles. The lowest BCUT2D eigenvalue weighted by atomic mass is 10.1. The summed E-state index contributed by atoms with van der Waals surface area (Å²) in [6.07, 6.45) is 0.572. The molecule has 1 N–H and O–H groups in total. The van der Waals surface area contributed by atoms with Gasteiger partial charge in [0, 0.05) is 31.0 Å². The van der Waals surface area contributed by atoms with Crippen LogP contribution in [-0.2, 0) is 19.3 Å². The summed E-state index contributed by atoms with van der Waals surface area (Å²) in [5.41, 5.74) is 1.21. The number of rotatable bonds is 5. The molecule has 1 spiro atoms. The van der Waals surface area contributed by atoms with Gasteiger partial charge in [0.1, 0.15) is 5.75 Å². The highest BCUT2D eigenvalue weighted by Crippen LogP contribution is 2.54. The maximum atomic E-state index is 13.7. The van der Waals surface area contributed by atoms with Crippen LogP contribution in [0.1, 0.15) is 25.8 Å². The minimum atomic E-state index is -1.45. The summed E-state index contributed by atoms with van der Waals surface area (Å²) in [7, 11) is 0. The van der Waals surface area contributed by atoms with Gasteiger partial charge in [0.05, 0.1) is 12.3 Å². The number of amides is 3. The molecule has 2 aromatic carbocycles. The highest BCUT2D eigenvalue weighted by atomic mass is 35.5. The third kappa shape index (κ3) is 3.93. The molecule has 0 saturated carbocycles. The smallest absolute Gasteiger partial charge is 0.270 e. The third-order valence-electron chi connectivity index (χ3n) is 5.00. The van der Waals surface area contributed by atoms with Gasteiger partial charge in [-0.15, -0.1) is 5.10 Å². The number of hydrogen-bond donors (Lipinski definition) is 1. The van der Waals surface area contributed by atoms with Crippen molar-refractivity contribution in [2.45, 2.75) is 25.1 Å². The van der Waals surface area contributed by atoms with E-state index in [1.165, 1.54) is 13.8 Å². The number of carbonyl (C=O) groups is 3. The fraction of sp³-hybridized carbons (Fsp3) is 0.273. The Kier molecular flexibility index (Phi) is 6.12. The van der Waals surface area contributed by atoms with Crippen molar-refractivity contribution in [3.05, 3.63) is 59.1 Å². The first-order valence-corrected chi connectivity index (χ1v) is 11.2. The Morgan fingerprint density at radius 1 is 1.19 bits per heavy atom. The first-order valence-electron chi connectivity index (χ1n) is 9.99. The van der Waals surface area contributed by atoms with Gasteiger partial charge in [-0.2, -0.15) is 5.01 Å². The molecule has 166 valence electrons. The number of nitrogens with zero attached hydrogens (tertiary/aromatic N) is 3. The molecule has 2 aliphatic heterocycles. The lowest BCUT2D eigenvalue weighted by molar-refractivity contribution is -0.139. The van der Waals surface area contributed by atoms with E-state index in [2.05, 4.69) is 10.4 Å². The quantitative estimate of drug-likeness (QED) is 0.674. The van der Waals surface area contributed by atoms with Crippen molar-refractivity contribution in [2.75, 3.05) is 18.1 Å². The first kappa shape index (κ1) is 22.2. The number of carbonyl (C=O) groups excluding carboxylic acids is 3. The van der Waals surface area contributed by atoms with E-state index in [0.717, 1.165) is 22.5 Å². The monoisotopic (exact) mass is 472 g/mol. The molecule has 0 aliphatic carbocycles. The zero-order chi connectivity index (χ0) is 22.9. The second-order valence-electron chi connectivity index (χ2n) is 7.30. The average molecular weight is 473 g/mol. The molecule has 0 aromatic heterocycles. The lowest BCUT2D eigenvalue weighted by Crippen LogP contribution is -2.48. The van der Waals surface area contributed by atoms with Crippen molar-refractivity contribution in [3.63, 3.8) is 0 Å². The molecule has 2 aliphatic rings. The molecule has 0 saturated heterocycles. The number of ether oxygens (including phenoxy) is 1. The Hall–Kier alpha value is -3.04. The van der Waals surface area contributed by atoms with Crippen molar-refractivity contribution >= 4 is 51.9 Å². The molecular weight excluding hydrogens is 452 g/mol. The predicted octanol–water partition coefficient (Wildman–Crippen LogP) is 3.31. The van der Waals surface area contributed by atoms with Crippen LogP contribution < -0.4 is 15.0 Å². The minimum absolute atomic E-state index is 0.182. The van der Waals surface area contributed by atoms with Crippen LogP contribution >= 0.6 is 23.4 Å². The summed E-state index contributed by atoms with van der Waals surface area (Å²) in [6.45, 7) is 3.47. The van der Waals surface area contributed by atoms with Crippen LogP contribution in [0.4, 0.5) is 5.69 Å². The normalized spacial score (nSPS) is 19.2. The minimum Gasteiger partial charge on any atom is -0.494 e. The summed E-state index contributed by atoms with van der Waals surface area (Å²) in [4.78, 5) is 38.0. The molecule has 0 fully saturated rings. The first-order chi connectivity index (χ1) is 15.3. The summed E-state index contributed by atoms with van der Waals surface area (Å²) in [6, 6.07) is 14.6. The van der Waals surface area contributed by atoms with Crippen LogP contribution in [0.15, 0.2) is 53.6 Å². The van der Waals surface area contributed by atoms with E-state index < -0.39 is 10.8 Å². The molecule has 0 radical (unpaired) electrons. The van der Waals surface area contributed by atoms with Crippen LogP contribution in [-0.4, -0.2) is 41.0 Å². The van der Waals surface area contributed by atoms with Gasteiger partial charge in [-0.05, 0) is 48.5 Å². The number of nitrogens with one attached hydrogen (secondary N) is 1. The van der Waals surface area contributed by atoms with Crippen LogP contribution in [0.5, 0.6) is 5.75 Å². The van der Waals surface area contributed by atoms with Gasteiger partial charge in [0.2, 0.25) is 16.7 Å². The number of anilines is 1. The van der Waals surface area contributed by atoms with Crippen molar-refractivity contribution in [3.8, 4) is 5.75 Å². The molecule has 2 aromatic rings. The van der Waals surface area contributed by atoms with Crippen LogP contribution in [0.25, 0.3) is 0 Å². The van der Waals surface area contributed by atoms with Gasteiger partial charge in [-0.25, -0.2) is 0 Å². The lowest BCUT2D eigenvalue weighted by Gasteiger charge is -2.29. The van der Waals surface area contributed by atoms with E-state index >= 15 is 0 Å². The number of hydrazone groups is 1. The highest BCUT2D eigenvalue weighted by Gasteiger charge is 2.61. The molecule has 4 rings (SSSR count). The Morgan fingerprint density at radius 3 is 2.62 bits per heavy atom. The van der Waals surface area contributed by atoms with Gasteiger partial charge >= 0.3 is 0 Å². The van der Waals surface area contributed by atoms with Crippen molar-refractivity contribution in [1.29, 1.82) is 0 Å². The fourth-order valence-electron chi connectivity index (χ4n) is 3.74. The van der Waals surface area contributed by atoms with Gasteiger partial charge in [0.15, 0.2) is 5.17 Å². The molecule has 10 heteroatoms. The van der Waals surface area contributed by atoms with Gasteiger partial charge in [0.25, 0.3) is 5.91 Å². The zero-order valence-corrected chi connectivity index (χ0v) is 19.1. The number of para-hydroxylation sites is 1. The summed E-state index contributed by atoms with van der Waals surface area (Å²) in [5, 5.41) is 8.55. The summed E-state index contributed by atoms with van der Waals surface area (Å²) < 4.78 is 5.75. The number of benzene rings is 2. The van der Waals surface area contributed by atoms with Crippen LogP contribution in [0.2, 0.25) is 5.02 Å². The predicted molar refractivity (Wildman–Crippen MR) is 123 cm³/mol. The molecule has 32 heavy (non-hydrogen) atoms.